The van der Waals surface area contributed by atoms with E-state index in [0.717, 1.165) is 29.0 Å². The van der Waals surface area contributed by atoms with Gasteiger partial charge in [-0.2, -0.15) is 5.10 Å². The molecule has 0 bridgehead atoms. The molecule has 1 aliphatic rings. The topological polar surface area (TPSA) is 69.0 Å². The Labute approximate surface area is 165 Å². The van der Waals surface area contributed by atoms with Crippen LogP contribution in [0.3, 0.4) is 0 Å². The fraction of sp³-hybridized carbons (Fsp3) is 0.318. The van der Waals surface area contributed by atoms with Gasteiger partial charge in [0.25, 0.3) is 5.91 Å². The highest BCUT2D eigenvalue weighted by atomic mass is 16.5. The van der Waals surface area contributed by atoms with Crippen molar-refractivity contribution in [3.8, 4) is 11.3 Å². The Balaban J connectivity index is 1.83. The van der Waals surface area contributed by atoms with Gasteiger partial charge in [-0.25, -0.2) is 4.98 Å². The molecular weight excluding hydrogens is 352 g/mol. The van der Waals surface area contributed by atoms with Gasteiger partial charge < -0.3 is 10.1 Å². The number of amides is 1. The Morgan fingerprint density at radius 1 is 1.39 bits per heavy atom. The van der Waals surface area contributed by atoms with Crippen LogP contribution in [0.1, 0.15) is 34.1 Å². The van der Waals surface area contributed by atoms with E-state index < -0.39 is 0 Å². The number of aromatic nitrogens is 3. The van der Waals surface area contributed by atoms with Crippen molar-refractivity contribution in [1.29, 1.82) is 0 Å². The number of pyridine rings is 1. The van der Waals surface area contributed by atoms with Crippen LogP contribution < -0.4 is 5.32 Å². The molecule has 3 rings (SSSR count). The van der Waals surface area contributed by atoms with Crippen LogP contribution in [-0.2, 0) is 16.6 Å². The molecule has 0 aliphatic carbocycles. The van der Waals surface area contributed by atoms with Crippen LogP contribution in [0.15, 0.2) is 65.7 Å². The second-order valence-electron chi connectivity index (χ2n) is 7.72. The van der Waals surface area contributed by atoms with Gasteiger partial charge in [0.1, 0.15) is 11.4 Å². The zero-order chi connectivity index (χ0) is 20.5. The van der Waals surface area contributed by atoms with Crippen molar-refractivity contribution in [2.75, 3.05) is 5.32 Å². The van der Waals surface area contributed by atoms with Crippen molar-refractivity contribution in [1.82, 2.24) is 14.8 Å². The minimum atomic E-state index is -0.258. The maximum absolute atomic E-state index is 12.9. The van der Waals surface area contributed by atoms with Gasteiger partial charge >= 0.3 is 0 Å². The van der Waals surface area contributed by atoms with Crippen LogP contribution in [-0.4, -0.2) is 26.3 Å². The molecule has 0 atom stereocenters. The first-order chi connectivity index (χ1) is 13.1. The quantitative estimate of drug-likeness (QED) is 0.619. The Kier molecular flexibility index (Phi) is 5.23. The zero-order valence-electron chi connectivity index (χ0n) is 17.0. The molecule has 1 amide bonds. The van der Waals surface area contributed by atoms with Gasteiger partial charge in [-0.05, 0) is 57.0 Å². The molecule has 28 heavy (non-hydrogen) atoms. The van der Waals surface area contributed by atoms with Gasteiger partial charge in [-0.1, -0.05) is 12.6 Å². The molecule has 146 valence electrons. The first-order valence-corrected chi connectivity index (χ1v) is 9.18. The zero-order valence-corrected chi connectivity index (χ0v) is 17.0. The molecule has 0 saturated carbocycles. The predicted molar refractivity (Wildman–Crippen MR) is 110 cm³/mol. The van der Waals surface area contributed by atoms with Crippen molar-refractivity contribution in [2.24, 2.45) is 7.05 Å². The summed E-state index contributed by atoms with van der Waals surface area (Å²) in [6.45, 7) is 11.8. The lowest BCUT2D eigenvalue weighted by Gasteiger charge is -2.18. The van der Waals surface area contributed by atoms with Gasteiger partial charge in [0.05, 0.1) is 17.6 Å². The molecule has 0 spiro atoms. The molecule has 2 aromatic rings. The minimum absolute atomic E-state index is 0.242. The third kappa shape index (κ3) is 4.39. The number of hydrogen-bond donors (Lipinski definition) is 1. The summed E-state index contributed by atoms with van der Waals surface area (Å²) in [5.74, 6) is 1.08. The predicted octanol–water partition coefficient (Wildman–Crippen LogP) is 4.40. The Morgan fingerprint density at radius 3 is 2.71 bits per heavy atom. The van der Waals surface area contributed by atoms with Gasteiger partial charge in [0, 0.05) is 30.8 Å². The summed E-state index contributed by atoms with van der Waals surface area (Å²) in [6.07, 6.45) is 6.23. The average molecular weight is 378 g/mol. The van der Waals surface area contributed by atoms with E-state index in [0.29, 0.717) is 17.0 Å². The summed E-state index contributed by atoms with van der Waals surface area (Å²) in [4.78, 5) is 17.4. The molecule has 0 fully saturated rings. The van der Waals surface area contributed by atoms with Gasteiger partial charge in [-0.15, -0.1) is 0 Å². The van der Waals surface area contributed by atoms with Crippen LogP contribution in [0.5, 0.6) is 0 Å². The molecule has 6 nitrogen and oxygen atoms in total. The second kappa shape index (κ2) is 7.46. The van der Waals surface area contributed by atoms with E-state index in [4.69, 9.17) is 4.74 Å². The maximum atomic E-state index is 12.9. The Hall–Kier alpha value is -3.15. The largest absolute Gasteiger partial charge is 0.492 e. The minimum Gasteiger partial charge on any atom is -0.492 e. The lowest BCUT2D eigenvalue weighted by molar-refractivity contribution is -0.112. The fourth-order valence-corrected chi connectivity index (χ4v) is 3.21. The standard InChI is InChI=1S/C22H26N4O2/c1-14(2)18(10-16-11-22(4,5)28-15(16)3)21(27)25-20-9-7-8-19(24-20)17-12-23-26(6)13-17/h7-10,12-13H,1,11H2,2-6H3,(H,24,25,27)/b18-10+. The van der Waals surface area contributed by atoms with Crippen LogP contribution in [0.25, 0.3) is 11.3 Å². The highest BCUT2D eigenvalue weighted by molar-refractivity contribution is 6.06. The number of nitrogens with zero attached hydrogens (tertiary/aromatic N) is 3. The molecule has 2 aromatic heterocycles. The summed E-state index contributed by atoms with van der Waals surface area (Å²) >= 11 is 0. The summed E-state index contributed by atoms with van der Waals surface area (Å²) < 4.78 is 7.57. The van der Waals surface area contributed by atoms with Crippen LogP contribution in [0.2, 0.25) is 0 Å². The van der Waals surface area contributed by atoms with E-state index in [1.807, 2.05) is 59.1 Å². The van der Waals surface area contributed by atoms with Crippen molar-refractivity contribution in [3.05, 3.63) is 65.7 Å². The van der Waals surface area contributed by atoms with Crippen molar-refractivity contribution in [2.45, 2.75) is 39.7 Å². The molecule has 0 radical (unpaired) electrons. The first-order valence-electron chi connectivity index (χ1n) is 9.18. The number of ether oxygens (including phenoxy) is 1. The molecular formula is C22H26N4O2. The SMILES string of the molecule is C=C(C)/C(=C\C1=C(C)OC(C)(C)C1)C(=O)Nc1cccc(-c2cnn(C)c2)n1. The van der Waals surface area contributed by atoms with Crippen molar-refractivity contribution < 1.29 is 9.53 Å². The number of nitrogens with one attached hydrogen (secondary N) is 1. The van der Waals surface area contributed by atoms with E-state index in [1.165, 1.54) is 0 Å². The van der Waals surface area contributed by atoms with Gasteiger partial charge in [0.2, 0.25) is 0 Å². The molecule has 1 N–H and O–H groups in total. The van der Waals surface area contributed by atoms with Gasteiger partial charge in [0.15, 0.2) is 0 Å². The highest BCUT2D eigenvalue weighted by Crippen LogP contribution is 2.35. The van der Waals surface area contributed by atoms with E-state index >= 15 is 0 Å². The number of rotatable bonds is 5. The van der Waals surface area contributed by atoms with E-state index in [9.17, 15) is 4.79 Å². The lowest BCUT2D eigenvalue weighted by atomic mass is 9.97. The lowest BCUT2D eigenvalue weighted by Crippen LogP contribution is -2.18. The summed E-state index contributed by atoms with van der Waals surface area (Å²) in [5.41, 5.74) is 3.59. The van der Waals surface area contributed by atoms with Gasteiger partial charge in [-0.3, -0.25) is 9.48 Å². The first kappa shape index (κ1) is 19.6. The number of carbonyl (C=O) groups excluding carboxylic acids is 1. The third-order valence-corrected chi connectivity index (χ3v) is 4.51. The smallest absolute Gasteiger partial charge is 0.257 e. The molecule has 3 heterocycles. The number of allylic oxidation sites excluding steroid dienone is 2. The monoisotopic (exact) mass is 378 g/mol. The number of anilines is 1. The summed E-state index contributed by atoms with van der Waals surface area (Å²) in [7, 11) is 1.85. The fourth-order valence-electron chi connectivity index (χ4n) is 3.21. The molecule has 6 heteroatoms. The molecule has 1 aliphatic heterocycles. The second-order valence-corrected chi connectivity index (χ2v) is 7.72. The maximum Gasteiger partial charge on any atom is 0.257 e. The normalized spacial score (nSPS) is 16.1. The molecule has 0 unspecified atom stereocenters. The van der Waals surface area contributed by atoms with E-state index in [-0.39, 0.29) is 11.5 Å². The van der Waals surface area contributed by atoms with Crippen LogP contribution >= 0.6 is 0 Å². The number of aryl methyl sites for hydroxylation is 1. The molecule has 0 saturated heterocycles. The van der Waals surface area contributed by atoms with Crippen LogP contribution in [0, 0.1) is 0 Å². The highest BCUT2D eigenvalue weighted by Gasteiger charge is 2.29. The summed E-state index contributed by atoms with van der Waals surface area (Å²) in [5, 5.41) is 7.04. The van der Waals surface area contributed by atoms with Crippen molar-refractivity contribution in [3.63, 3.8) is 0 Å². The number of carbonyl (C=O) groups is 1. The Bertz CT molecular complexity index is 995. The average Bonchev–Trinajstić information content (AvgIpc) is 3.14. The summed E-state index contributed by atoms with van der Waals surface area (Å²) in [6, 6.07) is 5.50. The number of hydrogen-bond acceptors (Lipinski definition) is 4. The Morgan fingerprint density at radius 2 is 2.14 bits per heavy atom. The van der Waals surface area contributed by atoms with E-state index in [1.54, 1.807) is 16.9 Å². The van der Waals surface area contributed by atoms with Crippen molar-refractivity contribution >= 4 is 11.7 Å². The van der Waals surface area contributed by atoms with Crippen LogP contribution in [0.4, 0.5) is 5.82 Å². The third-order valence-electron chi connectivity index (χ3n) is 4.51. The molecule has 0 aromatic carbocycles. The van der Waals surface area contributed by atoms with E-state index in [2.05, 4.69) is 22.0 Å².